The summed E-state index contributed by atoms with van der Waals surface area (Å²) in [5.74, 6) is -0.687. The van der Waals surface area contributed by atoms with Crippen LogP contribution in [0.1, 0.15) is 17.5 Å². The minimum atomic E-state index is -2.60. The summed E-state index contributed by atoms with van der Waals surface area (Å²) >= 11 is -2.60. The molecular weight excluding hydrogens is 346 g/mol. The van der Waals surface area contributed by atoms with Crippen LogP contribution in [-0.2, 0) is 30.4 Å². The quantitative estimate of drug-likeness (QED) is 0.515. The number of benzene rings is 1. The number of nitriles is 1. The Bertz CT molecular complexity index is 928. The zero-order valence-electron chi connectivity index (χ0n) is 13.5. The first-order valence-corrected chi connectivity index (χ1v) is 8.62. The summed E-state index contributed by atoms with van der Waals surface area (Å²) in [6.45, 7) is 0.0164. The molecule has 9 heteroatoms. The van der Waals surface area contributed by atoms with Crippen molar-refractivity contribution in [2.45, 2.75) is 18.7 Å². The molecule has 1 aromatic carbocycles. The fourth-order valence-corrected chi connectivity index (χ4v) is 2.80. The second-order valence-electron chi connectivity index (χ2n) is 5.21. The highest BCUT2D eigenvalue weighted by atomic mass is 32.2. The molecule has 2 aromatic rings. The molecule has 1 aromatic heterocycles. The van der Waals surface area contributed by atoms with Gasteiger partial charge in [0.15, 0.2) is 0 Å². The molecule has 1 heterocycles. The van der Waals surface area contributed by atoms with Gasteiger partial charge in [-0.2, -0.15) is 5.26 Å². The Labute approximate surface area is 146 Å². The smallest absolute Gasteiger partial charge is 0.334 e. The van der Waals surface area contributed by atoms with E-state index in [9.17, 15) is 18.4 Å². The Morgan fingerprint density at radius 3 is 2.56 bits per heavy atom. The van der Waals surface area contributed by atoms with Gasteiger partial charge in [-0.25, -0.2) is 9.36 Å². The Kier molecular flexibility index (Phi) is 6.27. The normalized spacial score (nSPS) is 11.7. The number of ether oxygens (including phenoxy) is 1. The van der Waals surface area contributed by atoms with E-state index >= 15 is 0 Å². The van der Waals surface area contributed by atoms with E-state index < -0.39 is 28.2 Å². The molecule has 0 saturated carbocycles. The van der Waals surface area contributed by atoms with Gasteiger partial charge in [-0.15, -0.1) is 0 Å². The summed E-state index contributed by atoms with van der Waals surface area (Å²) in [5, 5.41) is 8.64. The molecule has 1 atom stereocenters. The molecule has 0 aliphatic carbocycles. The van der Waals surface area contributed by atoms with Crippen molar-refractivity contribution in [3.8, 4) is 11.9 Å². The molecular formula is C16H16N3O5S-. The lowest BCUT2D eigenvalue weighted by atomic mass is 10.1. The zero-order valence-corrected chi connectivity index (χ0v) is 14.3. The summed E-state index contributed by atoms with van der Waals surface area (Å²) in [6.07, 6.45) is 0.258. The van der Waals surface area contributed by atoms with E-state index in [2.05, 4.69) is 0 Å². The fourth-order valence-electron chi connectivity index (χ4n) is 2.36. The van der Waals surface area contributed by atoms with Crippen LogP contribution in [0, 0.1) is 11.3 Å². The van der Waals surface area contributed by atoms with Crippen molar-refractivity contribution in [2.75, 3.05) is 6.61 Å². The predicted octanol–water partition coefficient (Wildman–Crippen LogP) is 0.267. The lowest BCUT2D eigenvalue weighted by molar-refractivity contribution is 0.290. The highest BCUT2D eigenvalue weighted by Gasteiger charge is 2.19. The van der Waals surface area contributed by atoms with Crippen LogP contribution < -0.4 is 16.0 Å². The maximum atomic E-state index is 12.7. The number of nitrogens with zero attached hydrogens (tertiary/aromatic N) is 3. The van der Waals surface area contributed by atoms with E-state index in [1.807, 2.05) is 12.1 Å². The lowest BCUT2D eigenvalue weighted by Crippen LogP contribution is -2.42. The van der Waals surface area contributed by atoms with Crippen LogP contribution in [0.15, 0.2) is 39.9 Å². The summed E-state index contributed by atoms with van der Waals surface area (Å²) < 4.78 is 29.2. The average molecular weight is 362 g/mol. The molecule has 1 unspecified atom stereocenters. The first-order chi connectivity index (χ1) is 12.0. The van der Waals surface area contributed by atoms with E-state index in [4.69, 9.17) is 10.00 Å². The zero-order chi connectivity index (χ0) is 18.4. The second-order valence-corrected chi connectivity index (χ2v) is 6.08. The third-order valence-electron chi connectivity index (χ3n) is 3.49. The predicted molar refractivity (Wildman–Crippen MR) is 89.8 cm³/mol. The lowest BCUT2D eigenvalue weighted by Gasteiger charge is -2.17. The number of aromatic nitrogens is 2. The van der Waals surface area contributed by atoms with Crippen molar-refractivity contribution in [1.29, 1.82) is 5.26 Å². The van der Waals surface area contributed by atoms with Gasteiger partial charge in [0.2, 0.25) is 5.88 Å². The first-order valence-electron chi connectivity index (χ1n) is 7.38. The van der Waals surface area contributed by atoms with Gasteiger partial charge in [-0.3, -0.25) is 13.6 Å². The van der Waals surface area contributed by atoms with E-state index in [1.54, 1.807) is 24.3 Å². The molecule has 2 rings (SSSR count). The average Bonchev–Trinajstić information content (AvgIpc) is 2.60. The fraction of sp³-hybridized carbons (Fsp3) is 0.312. The molecule has 0 spiro atoms. The van der Waals surface area contributed by atoms with E-state index in [0.717, 1.165) is 10.1 Å². The Hall–Kier alpha value is -2.70. The van der Waals surface area contributed by atoms with Crippen molar-refractivity contribution in [3.63, 3.8) is 0 Å². The molecule has 132 valence electrons. The molecule has 0 amide bonds. The molecule has 0 N–H and O–H groups in total. The van der Waals surface area contributed by atoms with Crippen LogP contribution in [0.5, 0.6) is 5.88 Å². The maximum absolute atomic E-state index is 12.7. The second kappa shape index (κ2) is 8.41. The maximum Gasteiger partial charge on any atom is 0.334 e. The summed E-state index contributed by atoms with van der Waals surface area (Å²) in [7, 11) is 1.39. The van der Waals surface area contributed by atoms with Gasteiger partial charge in [-0.05, 0) is 16.6 Å². The van der Waals surface area contributed by atoms with Crippen LogP contribution in [0.25, 0.3) is 0 Å². The highest BCUT2D eigenvalue weighted by molar-refractivity contribution is 7.78. The standard InChI is InChI=1S/C16H17N3O5S/c1-18-15(24-9-5-8-17)13(10-12-6-3-2-4-7-12)14(20)19(16(18)21)11-25(22)23/h2-4,6-7H,5,9-11H2,1H3,(H,22,23)/p-1. The van der Waals surface area contributed by atoms with Crippen molar-refractivity contribution < 1.29 is 13.5 Å². The van der Waals surface area contributed by atoms with E-state index in [-0.39, 0.29) is 30.9 Å². The topological polar surface area (TPSA) is 117 Å². The molecule has 0 bridgehead atoms. The summed E-state index contributed by atoms with van der Waals surface area (Å²) in [6, 6.07) is 11.0. The molecule has 0 fully saturated rings. The van der Waals surface area contributed by atoms with Gasteiger partial charge in [0.05, 0.1) is 23.9 Å². The monoisotopic (exact) mass is 362 g/mol. The minimum absolute atomic E-state index is 0.0164. The van der Waals surface area contributed by atoms with Crippen LogP contribution in [0.4, 0.5) is 0 Å². The van der Waals surface area contributed by atoms with Crippen LogP contribution in [0.2, 0.25) is 0 Å². The number of hydrogen-bond acceptors (Lipinski definition) is 6. The van der Waals surface area contributed by atoms with Crippen LogP contribution >= 0.6 is 0 Å². The van der Waals surface area contributed by atoms with E-state index in [1.165, 1.54) is 7.05 Å². The number of hydrogen-bond donors (Lipinski definition) is 0. The van der Waals surface area contributed by atoms with Crippen molar-refractivity contribution in [2.24, 2.45) is 7.05 Å². The SMILES string of the molecule is Cn1c(OCCC#N)c(Cc2ccccc2)c(=O)n(CS(=O)[O-])c1=O. The van der Waals surface area contributed by atoms with Gasteiger partial charge in [0.25, 0.3) is 5.56 Å². The van der Waals surface area contributed by atoms with Gasteiger partial charge < -0.3 is 9.29 Å². The van der Waals surface area contributed by atoms with Gasteiger partial charge >= 0.3 is 5.69 Å². The Morgan fingerprint density at radius 2 is 1.96 bits per heavy atom. The minimum Gasteiger partial charge on any atom is -0.771 e. The van der Waals surface area contributed by atoms with Crippen LogP contribution in [0.3, 0.4) is 0 Å². The van der Waals surface area contributed by atoms with Gasteiger partial charge in [0.1, 0.15) is 6.61 Å². The molecule has 0 aliphatic rings. The Morgan fingerprint density at radius 1 is 1.28 bits per heavy atom. The third kappa shape index (κ3) is 4.43. The van der Waals surface area contributed by atoms with Crippen molar-refractivity contribution in [1.82, 2.24) is 9.13 Å². The third-order valence-corrected chi connectivity index (χ3v) is 3.96. The van der Waals surface area contributed by atoms with Crippen molar-refractivity contribution in [3.05, 3.63) is 62.3 Å². The first kappa shape index (κ1) is 18.6. The summed E-state index contributed by atoms with van der Waals surface area (Å²) in [4.78, 5) is 25.0. The van der Waals surface area contributed by atoms with Crippen molar-refractivity contribution >= 4 is 11.1 Å². The van der Waals surface area contributed by atoms with E-state index in [0.29, 0.717) is 4.57 Å². The molecule has 0 radical (unpaired) electrons. The summed E-state index contributed by atoms with van der Waals surface area (Å²) in [5.41, 5.74) is -0.545. The number of rotatable bonds is 7. The molecule has 25 heavy (non-hydrogen) atoms. The molecule has 0 saturated heterocycles. The largest absolute Gasteiger partial charge is 0.771 e. The highest BCUT2D eigenvalue weighted by Crippen LogP contribution is 2.17. The van der Waals surface area contributed by atoms with Gasteiger partial charge in [-0.1, -0.05) is 30.3 Å². The molecule has 0 aliphatic heterocycles. The Balaban J connectivity index is 2.60. The molecule has 8 nitrogen and oxygen atoms in total. The van der Waals surface area contributed by atoms with Crippen LogP contribution in [-0.4, -0.2) is 24.5 Å². The van der Waals surface area contributed by atoms with Gasteiger partial charge in [0, 0.05) is 13.5 Å².